The van der Waals surface area contributed by atoms with Gasteiger partial charge in [0.2, 0.25) is 5.91 Å². The molecule has 15 heavy (non-hydrogen) atoms. The average Bonchev–Trinajstić information content (AvgIpc) is 2.61. The second-order valence-corrected chi connectivity index (χ2v) is 3.92. The van der Waals surface area contributed by atoms with Gasteiger partial charge >= 0.3 is 0 Å². The fourth-order valence-corrected chi connectivity index (χ4v) is 1.77. The van der Waals surface area contributed by atoms with Crippen molar-refractivity contribution in [3.63, 3.8) is 0 Å². The van der Waals surface area contributed by atoms with Crippen molar-refractivity contribution in [3.05, 3.63) is 0 Å². The molecular weight excluding hydrogens is 194 g/mol. The van der Waals surface area contributed by atoms with Gasteiger partial charge in [0.1, 0.15) is 6.61 Å². The van der Waals surface area contributed by atoms with Gasteiger partial charge in [-0.2, -0.15) is 0 Å². The topological polar surface area (TPSA) is 67.6 Å². The van der Waals surface area contributed by atoms with E-state index < -0.39 is 0 Å². The van der Waals surface area contributed by atoms with Crippen molar-refractivity contribution < 1.29 is 9.53 Å². The molecule has 3 N–H and O–H groups in total. The van der Waals surface area contributed by atoms with Gasteiger partial charge in [0.25, 0.3) is 0 Å². The van der Waals surface area contributed by atoms with Gasteiger partial charge in [-0.3, -0.25) is 4.79 Å². The summed E-state index contributed by atoms with van der Waals surface area (Å²) in [5.41, 5.74) is 5.24. The van der Waals surface area contributed by atoms with Crippen LogP contribution in [0.25, 0.3) is 0 Å². The molecule has 0 spiro atoms. The van der Waals surface area contributed by atoms with Crippen LogP contribution in [0.3, 0.4) is 0 Å². The lowest BCUT2D eigenvalue weighted by Crippen LogP contribution is -2.39. The van der Waals surface area contributed by atoms with Gasteiger partial charge < -0.3 is 20.7 Å². The highest BCUT2D eigenvalue weighted by Gasteiger charge is 2.20. The molecule has 88 valence electrons. The number of amides is 1. The minimum Gasteiger partial charge on any atom is -0.370 e. The molecule has 1 amide bonds. The SMILES string of the molecule is CN1CCCC1CNC(=O)COCCN. The number of carbonyl (C=O) groups excluding carboxylic acids is 1. The number of nitrogens with zero attached hydrogens (tertiary/aromatic N) is 1. The molecule has 0 radical (unpaired) electrons. The summed E-state index contributed by atoms with van der Waals surface area (Å²) < 4.78 is 5.04. The molecule has 0 aliphatic carbocycles. The van der Waals surface area contributed by atoms with Crippen molar-refractivity contribution in [1.82, 2.24) is 10.2 Å². The van der Waals surface area contributed by atoms with Gasteiger partial charge in [0.15, 0.2) is 0 Å². The Morgan fingerprint density at radius 1 is 1.67 bits per heavy atom. The first kappa shape index (κ1) is 12.4. The van der Waals surface area contributed by atoms with E-state index in [2.05, 4.69) is 17.3 Å². The summed E-state index contributed by atoms with van der Waals surface area (Å²) in [5, 5.41) is 2.87. The fourth-order valence-electron chi connectivity index (χ4n) is 1.77. The summed E-state index contributed by atoms with van der Waals surface area (Å²) in [4.78, 5) is 13.6. The Kier molecular flexibility index (Phi) is 5.60. The van der Waals surface area contributed by atoms with Gasteiger partial charge in [-0.25, -0.2) is 0 Å². The molecule has 1 unspecified atom stereocenters. The maximum absolute atomic E-state index is 11.3. The lowest BCUT2D eigenvalue weighted by Gasteiger charge is -2.19. The second-order valence-electron chi connectivity index (χ2n) is 3.92. The zero-order valence-corrected chi connectivity index (χ0v) is 9.37. The Morgan fingerprint density at radius 2 is 2.47 bits per heavy atom. The molecule has 1 heterocycles. The Labute approximate surface area is 90.9 Å². The Bertz CT molecular complexity index is 199. The number of likely N-dealkylation sites (tertiary alicyclic amines) is 1. The van der Waals surface area contributed by atoms with Gasteiger partial charge in [-0.1, -0.05) is 0 Å². The van der Waals surface area contributed by atoms with E-state index in [9.17, 15) is 4.79 Å². The summed E-state index contributed by atoms with van der Waals surface area (Å²) >= 11 is 0. The fraction of sp³-hybridized carbons (Fsp3) is 0.900. The molecule has 1 aliphatic rings. The van der Waals surface area contributed by atoms with E-state index >= 15 is 0 Å². The normalized spacial score (nSPS) is 21.9. The number of nitrogens with one attached hydrogen (secondary N) is 1. The summed E-state index contributed by atoms with van der Waals surface area (Å²) in [5.74, 6) is -0.0521. The predicted molar refractivity (Wildman–Crippen MR) is 58.5 cm³/mol. The van der Waals surface area contributed by atoms with E-state index in [1.165, 1.54) is 12.8 Å². The maximum atomic E-state index is 11.3. The van der Waals surface area contributed by atoms with E-state index in [1.54, 1.807) is 0 Å². The van der Waals surface area contributed by atoms with Gasteiger partial charge in [-0.05, 0) is 26.4 Å². The third kappa shape index (κ3) is 4.59. The zero-order chi connectivity index (χ0) is 11.1. The van der Waals surface area contributed by atoms with Crippen LogP contribution in [0, 0.1) is 0 Å². The first-order valence-corrected chi connectivity index (χ1v) is 5.48. The predicted octanol–water partition coefficient (Wildman–Crippen LogP) is -0.828. The lowest BCUT2D eigenvalue weighted by atomic mass is 10.2. The van der Waals surface area contributed by atoms with E-state index in [4.69, 9.17) is 10.5 Å². The molecule has 0 aromatic rings. The van der Waals surface area contributed by atoms with Crippen LogP contribution in [0.15, 0.2) is 0 Å². The van der Waals surface area contributed by atoms with Crippen LogP contribution in [0.2, 0.25) is 0 Å². The first-order valence-electron chi connectivity index (χ1n) is 5.48. The Balaban J connectivity index is 2.05. The number of hydrogen-bond acceptors (Lipinski definition) is 4. The monoisotopic (exact) mass is 215 g/mol. The van der Waals surface area contributed by atoms with E-state index in [-0.39, 0.29) is 12.5 Å². The van der Waals surface area contributed by atoms with Crippen molar-refractivity contribution in [2.24, 2.45) is 5.73 Å². The number of ether oxygens (including phenoxy) is 1. The van der Waals surface area contributed by atoms with Gasteiger partial charge in [0.05, 0.1) is 6.61 Å². The summed E-state index contributed by atoms with van der Waals surface area (Å²) in [6.45, 7) is 2.87. The number of likely N-dealkylation sites (N-methyl/N-ethyl adjacent to an activating group) is 1. The average molecular weight is 215 g/mol. The smallest absolute Gasteiger partial charge is 0.246 e. The summed E-state index contributed by atoms with van der Waals surface area (Å²) in [6.07, 6.45) is 2.39. The minimum absolute atomic E-state index is 0.0521. The van der Waals surface area contributed by atoms with Crippen molar-refractivity contribution in [2.75, 3.05) is 39.9 Å². The van der Waals surface area contributed by atoms with Crippen LogP contribution in [0.4, 0.5) is 0 Å². The summed E-state index contributed by atoms with van der Waals surface area (Å²) in [6, 6.07) is 0.489. The number of rotatable bonds is 6. The minimum atomic E-state index is -0.0521. The highest BCUT2D eigenvalue weighted by Crippen LogP contribution is 2.13. The molecule has 1 atom stereocenters. The largest absolute Gasteiger partial charge is 0.370 e. The highest BCUT2D eigenvalue weighted by molar-refractivity contribution is 5.77. The van der Waals surface area contributed by atoms with Gasteiger partial charge in [-0.15, -0.1) is 0 Å². The van der Waals surface area contributed by atoms with Crippen molar-refractivity contribution in [1.29, 1.82) is 0 Å². The molecule has 0 aromatic heterocycles. The molecule has 1 fully saturated rings. The van der Waals surface area contributed by atoms with E-state index in [1.807, 2.05) is 0 Å². The Morgan fingerprint density at radius 3 is 3.07 bits per heavy atom. The van der Waals surface area contributed by atoms with E-state index in [0.717, 1.165) is 13.1 Å². The third-order valence-electron chi connectivity index (χ3n) is 2.70. The molecule has 0 bridgehead atoms. The van der Waals surface area contributed by atoms with Crippen LogP contribution in [0.5, 0.6) is 0 Å². The van der Waals surface area contributed by atoms with Crippen LogP contribution < -0.4 is 11.1 Å². The number of nitrogens with two attached hydrogens (primary N) is 1. The first-order chi connectivity index (χ1) is 7.24. The van der Waals surface area contributed by atoms with Crippen molar-refractivity contribution in [2.45, 2.75) is 18.9 Å². The molecule has 0 saturated carbocycles. The van der Waals surface area contributed by atoms with Crippen LogP contribution in [-0.2, 0) is 9.53 Å². The van der Waals surface area contributed by atoms with Crippen molar-refractivity contribution >= 4 is 5.91 Å². The molecule has 1 aliphatic heterocycles. The molecule has 1 saturated heterocycles. The maximum Gasteiger partial charge on any atom is 0.246 e. The standard InChI is InChI=1S/C10H21N3O2/c1-13-5-2-3-9(13)7-12-10(14)8-15-6-4-11/h9H,2-8,11H2,1H3,(H,12,14). The molecule has 5 nitrogen and oxygen atoms in total. The highest BCUT2D eigenvalue weighted by atomic mass is 16.5. The number of hydrogen-bond donors (Lipinski definition) is 2. The van der Waals surface area contributed by atoms with Crippen LogP contribution in [0.1, 0.15) is 12.8 Å². The van der Waals surface area contributed by atoms with Crippen LogP contribution in [-0.4, -0.2) is 56.7 Å². The Hall–Kier alpha value is -0.650. The van der Waals surface area contributed by atoms with Gasteiger partial charge in [0, 0.05) is 19.1 Å². The zero-order valence-electron chi connectivity index (χ0n) is 9.37. The quantitative estimate of drug-likeness (QED) is 0.568. The molecule has 5 heteroatoms. The molecule has 1 rings (SSSR count). The van der Waals surface area contributed by atoms with E-state index in [0.29, 0.717) is 19.2 Å². The van der Waals surface area contributed by atoms with Crippen LogP contribution >= 0.6 is 0 Å². The summed E-state index contributed by atoms with van der Waals surface area (Å²) in [7, 11) is 2.09. The lowest BCUT2D eigenvalue weighted by molar-refractivity contribution is -0.125. The molecule has 0 aromatic carbocycles. The third-order valence-corrected chi connectivity index (χ3v) is 2.70. The number of carbonyl (C=O) groups is 1. The van der Waals surface area contributed by atoms with Crippen molar-refractivity contribution in [3.8, 4) is 0 Å². The molecular formula is C10H21N3O2. The second kappa shape index (κ2) is 6.76.